The average molecular weight is 412 g/mol. The summed E-state index contributed by atoms with van der Waals surface area (Å²) in [6.45, 7) is 0. The maximum Gasteiger partial charge on any atom is 0.333 e. The van der Waals surface area contributed by atoms with Crippen molar-refractivity contribution in [3.63, 3.8) is 0 Å². The third-order valence-corrected chi connectivity index (χ3v) is 5.70. The van der Waals surface area contributed by atoms with Crippen LogP contribution in [0.4, 0.5) is 5.69 Å². The Labute approximate surface area is 168 Å². The molecule has 0 saturated carbocycles. The second-order valence-electron chi connectivity index (χ2n) is 6.09. The van der Waals surface area contributed by atoms with E-state index < -0.39 is 11.2 Å². The number of thiophene rings is 1. The minimum atomic E-state index is -0.612. The third kappa shape index (κ3) is 3.04. The lowest BCUT2D eigenvalue weighted by Gasteiger charge is -2.15. The normalized spacial score (nSPS) is 10.9. The van der Waals surface area contributed by atoms with Crippen molar-refractivity contribution in [1.82, 2.24) is 9.55 Å². The molecule has 0 saturated heterocycles. The molecule has 0 spiro atoms. The number of hydrogen-bond donors (Lipinski definition) is 1. The van der Waals surface area contributed by atoms with Gasteiger partial charge in [0.1, 0.15) is 4.34 Å². The van der Waals surface area contributed by atoms with E-state index >= 15 is 0 Å². The van der Waals surface area contributed by atoms with Gasteiger partial charge in [-0.1, -0.05) is 41.9 Å². The minimum absolute atomic E-state index is 0.188. The molecule has 6 nitrogen and oxygen atoms in total. The Morgan fingerprint density at radius 3 is 2.50 bits per heavy atom. The van der Waals surface area contributed by atoms with E-state index in [9.17, 15) is 14.4 Å². The third-order valence-electron chi connectivity index (χ3n) is 4.37. The van der Waals surface area contributed by atoms with Crippen LogP contribution in [0.15, 0.2) is 70.3 Å². The molecule has 0 radical (unpaired) electrons. The van der Waals surface area contributed by atoms with E-state index in [0.29, 0.717) is 15.8 Å². The van der Waals surface area contributed by atoms with Crippen molar-refractivity contribution in [1.29, 1.82) is 0 Å². The van der Waals surface area contributed by atoms with Crippen LogP contribution in [-0.2, 0) is 0 Å². The van der Waals surface area contributed by atoms with Gasteiger partial charge in [-0.05, 0) is 30.3 Å². The van der Waals surface area contributed by atoms with Crippen LogP contribution in [0.1, 0.15) is 9.67 Å². The minimum Gasteiger partial charge on any atom is -0.311 e. The molecule has 4 rings (SSSR count). The molecule has 2 heterocycles. The number of anilines is 1. The lowest BCUT2D eigenvalue weighted by atomic mass is 10.2. The summed E-state index contributed by atoms with van der Waals surface area (Å²) >= 11 is 7.33. The first-order chi connectivity index (χ1) is 13.5. The molecule has 0 fully saturated rings. The standard InChI is InChI=1S/C20H14ClN3O3S/c1-23(12-7-3-2-4-8-12)19(26)16-11-15(17(21)28-16)24-18(25)13-9-5-6-10-14(13)22-20(24)27/h2-11H,1H3,(H,22,27). The molecule has 2 aromatic carbocycles. The highest BCUT2D eigenvalue weighted by atomic mass is 35.5. The highest BCUT2D eigenvalue weighted by molar-refractivity contribution is 7.18. The fourth-order valence-corrected chi connectivity index (χ4v) is 4.16. The number of halogens is 1. The van der Waals surface area contributed by atoms with Gasteiger partial charge in [-0.2, -0.15) is 0 Å². The quantitative estimate of drug-likeness (QED) is 0.559. The van der Waals surface area contributed by atoms with E-state index in [1.54, 1.807) is 31.3 Å². The van der Waals surface area contributed by atoms with Gasteiger partial charge in [0.05, 0.1) is 21.5 Å². The van der Waals surface area contributed by atoms with E-state index in [1.165, 1.54) is 11.0 Å². The van der Waals surface area contributed by atoms with E-state index in [0.717, 1.165) is 21.6 Å². The number of aromatic amines is 1. The fourth-order valence-electron chi connectivity index (χ4n) is 2.93. The van der Waals surface area contributed by atoms with E-state index in [1.807, 2.05) is 30.3 Å². The summed E-state index contributed by atoms with van der Waals surface area (Å²) in [6.07, 6.45) is 0. The maximum atomic E-state index is 12.8. The Balaban J connectivity index is 1.81. The molecule has 1 amide bonds. The van der Waals surface area contributed by atoms with Gasteiger partial charge < -0.3 is 9.88 Å². The largest absolute Gasteiger partial charge is 0.333 e. The summed E-state index contributed by atoms with van der Waals surface area (Å²) in [4.78, 5) is 42.6. The zero-order valence-electron chi connectivity index (χ0n) is 14.7. The summed E-state index contributed by atoms with van der Waals surface area (Å²) in [5.41, 5.74) is 0.251. The van der Waals surface area contributed by atoms with Crippen molar-refractivity contribution >= 4 is 45.4 Å². The number of carbonyl (C=O) groups excluding carboxylic acids is 1. The van der Waals surface area contributed by atoms with Crippen LogP contribution in [0.3, 0.4) is 0 Å². The van der Waals surface area contributed by atoms with Gasteiger partial charge in [0.25, 0.3) is 11.5 Å². The van der Waals surface area contributed by atoms with Crippen LogP contribution in [-0.4, -0.2) is 22.5 Å². The van der Waals surface area contributed by atoms with Crippen LogP contribution < -0.4 is 16.1 Å². The Hall–Kier alpha value is -3.16. The van der Waals surface area contributed by atoms with Crippen LogP contribution >= 0.6 is 22.9 Å². The van der Waals surface area contributed by atoms with Crippen molar-refractivity contribution in [2.24, 2.45) is 0 Å². The number of hydrogen-bond acceptors (Lipinski definition) is 4. The first-order valence-electron chi connectivity index (χ1n) is 8.34. The van der Waals surface area contributed by atoms with Crippen molar-refractivity contribution in [2.75, 3.05) is 11.9 Å². The van der Waals surface area contributed by atoms with Crippen molar-refractivity contribution in [3.05, 3.63) is 90.7 Å². The number of aromatic nitrogens is 2. The van der Waals surface area contributed by atoms with Crippen molar-refractivity contribution in [2.45, 2.75) is 0 Å². The second kappa shape index (κ2) is 7.10. The Kier molecular flexibility index (Phi) is 4.62. The Morgan fingerprint density at radius 2 is 1.75 bits per heavy atom. The first kappa shape index (κ1) is 18.2. The van der Waals surface area contributed by atoms with Gasteiger partial charge in [0.15, 0.2) is 0 Å². The van der Waals surface area contributed by atoms with Gasteiger partial charge >= 0.3 is 5.69 Å². The zero-order chi connectivity index (χ0) is 19.8. The molecule has 0 aliphatic heterocycles. The fraction of sp³-hybridized carbons (Fsp3) is 0.0500. The summed E-state index contributed by atoms with van der Waals surface area (Å²) < 4.78 is 1.15. The smallest absolute Gasteiger partial charge is 0.311 e. The summed E-state index contributed by atoms with van der Waals surface area (Å²) in [6, 6.07) is 17.3. The summed E-state index contributed by atoms with van der Waals surface area (Å²) in [5.74, 6) is -0.283. The summed E-state index contributed by atoms with van der Waals surface area (Å²) in [5, 5.41) is 0.360. The SMILES string of the molecule is CN(C(=O)c1cc(-n2c(=O)[nH]c3ccccc3c2=O)c(Cl)s1)c1ccccc1. The van der Waals surface area contributed by atoms with Gasteiger partial charge in [-0.25, -0.2) is 9.36 Å². The molecule has 28 heavy (non-hydrogen) atoms. The second-order valence-corrected chi connectivity index (χ2v) is 7.74. The van der Waals surface area contributed by atoms with Crippen LogP contribution in [0.5, 0.6) is 0 Å². The molecule has 0 unspecified atom stereocenters. The molecule has 0 aliphatic rings. The lowest BCUT2D eigenvalue weighted by molar-refractivity contribution is 0.0997. The van der Waals surface area contributed by atoms with Crippen molar-refractivity contribution in [3.8, 4) is 5.69 Å². The number of H-pyrrole nitrogens is 1. The van der Waals surface area contributed by atoms with Crippen molar-refractivity contribution < 1.29 is 4.79 Å². The lowest BCUT2D eigenvalue weighted by Crippen LogP contribution is -2.33. The summed E-state index contributed by atoms with van der Waals surface area (Å²) in [7, 11) is 1.65. The number of para-hydroxylation sites is 2. The molecule has 1 N–H and O–H groups in total. The molecule has 8 heteroatoms. The monoisotopic (exact) mass is 411 g/mol. The molecule has 4 aromatic rings. The number of benzene rings is 2. The van der Waals surface area contributed by atoms with Gasteiger partial charge in [-0.3, -0.25) is 9.59 Å². The molecule has 2 aromatic heterocycles. The maximum absolute atomic E-state index is 12.8. The molecule has 0 aliphatic carbocycles. The molecule has 0 bridgehead atoms. The van der Waals surface area contributed by atoms with Crippen LogP contribution in [0.2, 0.25) is 4.34 Å². The molecular formula is C20H14ClN3O3S. The topological polar surface area (TPSA) is 75.2 Å². The van der Waals surface area contributed by atoms with E-state index in [4.69, 9.17) is 11.6 Å². The average Bonchev–Trinajstić information content (AvgIpc) is 3.09. The highest BCUT2D eigenvalue weighted by Crippen LogP contribution is 2.31. The number of fused-ring (bicyclic) bond motifs is 1. The van der Waals surface area contributed by atoms with E-state index in [-0.39, 0.29) is 15.9 Å². The molecular weight excluding hydrogens is 398 g/mol. The number of nitrogens with zero attached hydrogens (tertiary/aromatic N) is 2. The number of carbonyl (C=O) groups is 1. The predicted octanol–water partition coefficient (Wildman–Crippen LogP) is 3.67. The van der Waals surface area contributed by atoms with Gasteiger partial charge in [-0.15, -0.1) is 11.3 Å². The van der Waals surface area contributed by atoms with Gasteiger partial charge in [0.2, 0.25) is 0 Å². The van der Waals surface area contributed by atoms with Crippen LogP contribution in [0, 0.1) is 0 Å². The van der Waals surface area contributed by atoms with E-state index in [2.05, 4.69) is 4.98 Å². The number of amides is 1. The van der Waals surface area contributed by atoms with Crippen LogP contribution in [0.25, 0.3) is 16.6 Å². The number of rotatable bonds is 3. The predicted molar refractivity (Wildman–Crippen MR) is 112 cm³/mol. The number of nitrogens with one attached hydrogen (secondary N) is 1. The van der Waals surface area contributed by atoms with Gasteiger partial charge in [0, 0.05) is 12.7 Å². The Bertz CT molecular complexity index is 1310. The molecule has 140 valence electrons. The first-order valence-corrected chi connectivity index (χ1v) is 9.53. The zero-order valence-corrected chi connectivity index (χ0v) is 16.3. The highest BCUT2D eigenvalue weighted by Gasteiger charge is 2.21. The Morgan fingerprint density at radius 1 is 1.07 bits per heavy atom. The molecule has 0 atom stereocenters.